The van der Waals surface area contributed by atoms with Gasteiger partial charge in [-0.15, -0.1) is 0 Å². The number of hydrogen-bond donors (Lipinski definition) is 1. The van der Waals surface area contributed by atoms with E-state index in [0.29, 0.717) is 11.5 Å². The van der Waals surface area contributed by atoms with Crippen LogP contribution in [0.4, 0.5) is 0 Å². The zero-order valence-corrected chi connectivity index (χ0v) is 8.65. The molecule has 70 valence electrons. The molecule has 1 fully saturated rings. The minimum atomic E-state index is 0.521. The third-order valence-corrected chi connectivity index (χ3v) is 2.88. The molecule has 1 rings (SSSR count). The number of amidine groups is 1. The second-order valence-corrected chi connectivity index (χ2v) is 4.64. The van der Waals surface area contributed by atoms with E-state index in [4.69, 9.17) is 5.41 Å². The molecule has 1 aliphatic rings. The van der Waals surface area contributed by atoms with Crippen molar-refractivity contribution in [1.82, 2.24) is 4.90 Å². The van der Waals surface area contributed by atoms with Crippen molar-refractivity contribution in [2.45, 2.75) is 46.1 Å². The van der Waals surface area contributed by atoms with Crippen molar-refractivity contribution in [2.24, 2.45) is 5.41 Å². The fourth-order valence-electron chi connectivity index (χ4n) is 1.96. The standard InChI is InChI=1S/C10H20N2/c1-5-9(11)12(4)8-6-10(2,3)7-8/h8,11H,5-7H2,1-4H3. The Kier molecular flexibility index (Phi) is 2.45. The van der Waals surface area contributed by atoms with Crippen LogP contribution in [0.15, 0.2) is 0 Å². The molecule has 0 atom stereocenters. The Labute approximate surface area is 75.5 Å². The lowest BCUT2D eigenvalue weighted by molar-refractivity contribution is 0.0779. The molecule has 0 radical (unpaired) electrons. The summed E-state index contributed by atoms with van der Waals surface area (Å²) >= 11 is 0. The van der Waals surface area contributed by atoms with Gasteiger partial charge < -0.3 is 4.90 Å². The van der Waals surface area contributed by atoms with Crippen molar-refractivity contribution < 1.29 is 0 Å². The van der Waals surface area contributed by atoms with Gasteiger partial charge >= 0.3 is 0 Å². The van der Waals surface area contributed by atoms with Crippen LogP contribution < -0.4 is 0 Å². The predicted molar refractivity (Wildman–Crippen MR) is 52.6 cm³/mol. The molecule has 0 aliphatic heterocycles. The highest BCUT2D eigenvalue weighted by molar-refractivity contribution is 5.78. The minimum Gasteiger partial charge on any atom is -0.361 e. The topological polar surface area (TPSA) is 27.1 Å². The van der Waals surface area contributed by atoms with Crippen LogP contribution in [0.5, 0.6) is 0 Å². The first-order chi connectivity index (χ1) is 5.46. The van der Waals surface area contributed by atoms with Gasteiger partial charge in [0, 0.05) is 19.5 Å². The van der Waals surface area contributed by atoms with E-state index >= 15 is 0 Å². The maximum absolute atomic E-state index is 7.67. The quantitative estimate of drug-likeness (QED) is 0.498. The van der Waals surface area contributed by atoms with Crippen LogP contribution in [0.3, 0.4) is 0 Å². The summed E-state index contributed by atoms with van der Waals surface area (Å²) in [4.78, 5) is 2.13. The zero-order valence-electron chi connectivity index (χ0n) is 8.65. The number of hydrogen-bond acceptors (Lipinski definition) is 1. The Morgan fingerprint density at radius 3 is 2.33 bits per heavy atom. The van der Waals surface area contributed by atoms with E-state index in [1.54, 1.807) is 0 Å². The van der Waals surface area contributed by atoms with Crippen LogP contribution in [0.25, 0.3) is 0 Å². The molecule has 0 aromatic rings. The molecule has 0 heterocycles. The minimum absolute atomic E-state index is 0.521. The van der Waals surface area contributed by atoms with Crippen molar-refractivity contribution in [3.63, 3.8) is 0 Å². The molecule has 0 saturated heterocycles. The average molecular weight is 168 g/mol. The van der Waals surface area contributed by atoms with Crippen molar-refractivity contribution in [2.75, 3.05) is 7.05 Å². The van der Waals surface area contributed by atoms with Gasteiger partial charge in [-0.25, -0.2) is 0 Å². The summed E-state index contributed by atoms with van der Waals surface area (Å²) < 4.78 is 0. The predicted octanol–water partition coefficient (Wildman–Crippen LogP) is 2.49. The van der Waals surface area contributed by atoms with Crippen LogP contribution in [-0.4, -0.2) is 23.8 Å². The summed E-state index contributed by atoms with van der Waals surface area (Å²) in [5, 5.41) is 7.67. The van der Waals surface area contributed by atoms with Gasteiger partial charge in [0.05, 0.1) is 5.84 Å². The van der Waals surface area contributed by atoms with Crippen LogP contribution in [0, 0.1) is 10.8 Å². The van der Waals surface area contributed by atoms with Crippen molar-refractivity contribution in [1.29, 1.82) is 5.41 Å². The number of rotatable bonds is 2. The highest BCUT2D eigenvalue weighted by Gasteiger charge is 2.38. The molecule has 0 bridgehead atoms. The van der Waals surface area contributed by atoms with Crippen molar-refractivity contribution in [3.05, 3.63) is 0 Å². The molecule has 1 aliphatic carbocycles. The smallest absolute Gasteiger partial charge is 0.0954 e. The normalized spacial score (nSPS) is 21.7. The molecule has 0 amide bonds. The second-order valence-electron chi connectivity index (χ2n) is 4.64. The van der Waals surface area contributed by atoms with Crippen LogP contribution in [-0.2, 0) is 0 Å². The Hall–Kier alpha value is -0.530. The van der Waals surface area contributed by atoms with Gasteiger partial charge in [0.25, 0.3) is 0 Å². The third-order valence-electron chi connectivity index (χ3n) is 2.88. The lowest BCUT2D eigenvalue weighted by Gasteiger charge is -2.47. The zero-order chi connectivity index (χ0) is 9.35. The van der Waals surface area contributed by atoms with Crippen LogP contribution in [0.1, 0.15) is 40.0 Å². The fourth-order valence-corrected chi connectivity index (χ4v) is 1.96. The lowest BCUT2D eigenvalue weighted by Crippen LogP contribution is -2.48. The summed E-state index contributed by atoms with van der Waals surface area (Å²) in [5.74, 6) is 0.774. The lowest BCUT2D eigenvalue weighted by atomic mass is 9.68. The third kappa shape index (κ3) is 1.79. The molecule has 0 aromatic heterocycles. The monoisotopic (exact) mass is 168 g/mol. The summed E-state index contributed by atoms with van der Waals surface area (Å²) in [6, 6.07) is 0.632. The van der Waals surface area contributed by atoms with E-state index in [0.717, 1.165) is 12.3 Å². The van der Waals surface area contributed by atoms with E-state index in [9.17, 15) is 0 Å². The SMILES string of the molecule is CCC(=N)N(C)C1CC(C)(C)C1. The average Bonchev–Trinajstić information content (AvgIpc) is 1.97. The van der Waals surface area contributed by atoms with E-state index < -0.39 is 0 Å². The van der Waals surface area contributed by atoms with Crippen LogP contribution >= 0.6 is 0 Å². The summed E-state index contributed by atoms with van der Waals surface area (Å²) in [6.07, 6.45) is 3.34. The van der Waals surface area contributed by atoms with Crippen molar-refractivity contribution in [3.8, 4) is 0 Å². The highest BCUT2D eigenvalue weighted by atomic mass is 15.2. The largest absolute Gasteiger partial charge is 0.361 e. The molecule has 0 spiro atoms. The Balaban J connectivity index is 2.38. The molecule has 2 nitrogen and oxygen atoms in total. The van der Waals surface area contributed by atoms with Gasteiger partial charge in [-0.1, -0.05) is 20.8 Å². The van der Waals surface area contributed by atoms with E-state index in [2.05, 4.69) is 18.7 Å². The van der Waals surface area contributed by atoms with Gasteiger partial charge in [0.1, 0.15) is 0 Å². The molecule has 2 heteroatoms. The van der Waals surface area contributed by atoms with Gasteiger partial charge in [0.15, 0.2) is 0 Å². The van der Waals surface area contributed by atoms with Crippen LogP contribution in [0.2, 0.25) is 0 Å². The Bertz CT molecular complexity index is 176. The van der Waals surface area contributed by atoms with E-state index in [-0.39, 0.29) is 0 Å². The van der Waals surface area contributed by atoms with Gasteiger partial charge in [0.2, 0.25) is 0 Å². The molecule has 0 unspecified atom stereocenters. The van der Waals surface area contributed by atoms with Crippen molar-refractivity contribution >= 4 is 5.84 Å². The molecular formula is C10H20N2. The summed E-state index contributed by atoms with van der Waals surface area (Å²) in [5.41, 5.74) is 0.521. The van der Waals surface area contributed by atoms with E-state index in [1.165, 1.54) is 12.8 Å². The van der Waals surface area contributed by atoms with E-state index in [1.807, 2.05) is 14.0 Å². The molecule has 1 N–H and O–H groups in total. The first kappa shape index (κ1) is 9.56. The fraction of sp³-hybridized carbons (Fsp3) is 0.900. The second kappa shape index (κ2) is 3.08. The Morgan fingerprint density at radius 2 is 2.00 bits per heavy atom. The first-order valence-corrected chi connectivity index (χ1v) is 4.76. The maximum Gasteiger partial charge on any atom is 0.0954 e. The summed E-state index contributed by atoms with van der Waals surface area (Å²) in [6.45, 7) is 6.64. The number of nitrogens with one attached hydrogen (secondary N) is 1. The molecular weight excluding hydrogens is 148 g/mol. The number of nitrogens with zero attached hydrogens (tertiary/aromatic N) is 1. The van der Waals surface area contributed by atoms with Gasteiger partial charge in [-0.2, -0.15) is 0 Å². The first-order valence-electron chi connectivity index (χ1n) is 4.76. The van der Waals surface area contributed by atoms with Gasteiger partial charge in [-0.3, -0.25) is 5.41 Å². The Morgan fingerprint density at radius 1 is 1.50 bits per heavy atom. The molecule has 12 heavy (non-hydrogen) atoms. The molecule has 1 saturated carbocycles. The highest BCUT2D eigenvalue weighted by Crippen LogP contribution is 2.42. The van der Waals surface area contributed by atoms with Gasteiger partial charge in [-0.05, 0) is 18.3 Å². The summed E-state index contributed by atoms with van der Waals surface area (Å²) in [7, 11) is 2.05. The maximum atomic E-state index is 7.67. The molecule has 0 aromatic carbocycles.